The fourth-order valence-electron chi connectivity index (χ4n) is 2.70. The van der Waals surface area contributed by atoms with Crippen LogP contribution in [0.3, 0.4) is 0 Å². The molecule has 1 aliphatic carbocycles. The van der Waals surface area contributed by atoms with Gasteiger partial charge in [-0.05, 0) is 38.5 Å². The molecule has 6 heteroatoms. The van der Waals surface area contributed by atoms with Crippen LogP contribution in [0.4, 0.5) is 0 Å². The number of amides is 2. The highest BCUT2D eigenvalue weighted by Crippen LogP contribution is 2.26. The molecule has 21 heavy (non-hydrogen) atoms. The molecule has 2 aliphatic rings. The van der Waals surface area contributed by atoms with Gasteiger partial charge in [0.2, 0.25) is 0 Å². The molecule has 1 fully saturated rings. The van der Waals surface area contributed by atoms with Crippen LogP contribution in [0, 0.1) is 5.92 Å². The Labute approximate surface area is 123 Å². The van der Waals surface area contributed by atoms with Crippen LogP contribution < -0.4 is 5.32 Å². The van der Waals surface area contributed by atoms with E-state index in [1.165, 1.54) is 0 Å². The van der Waals surface area contributed by atoms with E-state index in [1.807, 2.05) is 6.92 Å². The number of imide groups is 1. The van der Waals surface area contributed by atoms with E-state index >= 15 is 0 Å². The molecule has 1 heterocycles. The van der Waals surface area contributed by atoms with E-state index in [2.05, 4.69) is 5.32 Å². The number of carbonyl (C=O) groups is 3. The summed E-state index contributed by atoms with van der Waals surface area (Å²) in [6.07, 6.45) is 5.30. The van der Waals surface area contributed by atoms with Gasteiger partial charge in [-0.1, -0.05) is 0 Å². The van der Waals surface area contributed by atoms with Crippen LogP contribution in [0.15, 0.2) is 11.6 Å². The lowest BCUT2D eigenvalue weighted by Crippen LogP contribution is -2.26. The molecule has 0 aromatic rings. The van der Waals surface area contributed by atoms with Gasteiger partial charge < -0.3 is 9.47 Å². The fourth-order valence-corrected chi connectivity index (χ4v) is 2.70. The quantitative estimate of drug-likeness (QED) is 0.586. The molecule has 0 aromatic heterocycles. The Bertz CT molecular complexity index is 449. The molecule has 1 saturated carbocycles. The lowest BCUT2D eigenvalue weighted by molar-refractivity contribution is -0.145. The first-order valence-electron chi connectivity index (χ1n) is 7.41. The third-order valence-corrected chi connectivity index (χ3v) is 3.84. The Balaban J connectivity index is 1.67. The summed E-state index contributed by atoms with van der Waals surface area (Å²) in [7, 11) is 0. The molecule has 1 aliphatic heterocycles. The lowest BCUT2D eigenvalue weighted by Gasteiger charge is -2.27. The van der Waals surface area contributed by atoms with Crippen LogP contribution in [-0.4, -0.2) is 37.1 Å². The average molecular weight is 295 g/mol. The molecule has 0 bridgehead atoms. The monoisotopic (exact) mass is 295 g/mol. The topological polar surface area (TPSA) is 81.7 Å². The molecule has 0 saturated heterocycles. The predicted octanol–water partition coefficient (Wildman–Crippen LogP) is 1.10. The minimum Gasteiger partial charge on any atom is -0.465 e. The van der Waals surface area contributed by atoms with Crippen LogP contribution in [-0.2, 0) is 23.9 Å². The molecule has 1 N–H and O–H groups in total. The number of ether oxygens (including phenoxy) is 2. The van der Waals surface area contributed by atoms with Gasteiger partial charge >= 0.3 is 5.97 Å². The van der Waals surface area contributed by atoms with Gasteiger partial charge in [0.15, 0.2) is 0 Å². The molecular formula is C15H21NO5. The van der Waals surface area contributed by atoms with E-state index in [0.717, 1.165) is 38.4 Å². The Hall–Kier alpha value is -1.69. The first kappa shape index (κ1) is 15.7. The minimum absolute atomic E-state index is 0.147. The molecule has 116 valence electrons. The van der Waals surface area contributed by atoms with Crippen molar-refractivity contribution in [2.75, 3.05) is 13.2 Å². The zero-order valence-corrected chi connectivity index (χ0v) is 12.2. The van der Waals surface area contributed by atoms with Crippen LogP contribution in [0.25, 0.3) is 0 Å². The van der Waals surface area contributed by atoms with Gasteiger partial charge in [0, 0.05) is 18.3 Å². The highest BCUT2D eigenvalue weighted by molar-refractivity contribution is 6.17. The van der Waals surface area contributed by atoms with E-state index in [9.17, 15) is 14.4 Å². The van der Waals surface area contributed by atoms with E-state index < -0.39 is 17.8 Å². The highest BCUT2D eigenvalue weighted by atomic mass is 16.5. The number of rotatable bonds is 6. The van der Waals surface area contributed by atoms with Crippen molar-refractivity contribution in [3.05, 3.63) is 11.6 Å². The molecule has 0 radical (unpaired) electrons. The number of hydrogen-bond donors (Lipinski definition) is 1. The van der Waals surface area contributed by atoms with E-state index in [4.69, 9.17) is 9.47 Å². The first-order valence-corrected chi connectivity index (χ1v) is 7.41. The maximum atomic E-state index is 11.7. The molecule has 0 spiro atoms. The number of carbonyl (C=O) groups excluding carboxylic acids is 3. The van der Waals surface area contributed by atoms with E-state index in [1.54, 1.807) is 0 Å². The van der Waals surface area contributed by atoms with Crippen LogP contribution >= 0.6 is 0 Å². The molecule has 2 amide bonds. The third-order valence-electron chi connectivity index (χ3n) is 3.84. The lowest BCUT2D eigenvalue weighted by atomic mass is 9.88. The molecule has 6 nitrogen and oxygen atoms in total. The molecule has 0 aromatic carbocycles. The third kappa shape index (κ3) is 4.67. The Morgan fingerprint density at radius 2 is 2.00 bits per heavy atom. The Kier molecular flexibility index (Phi) is 5.50. The second-order valence-corrected chi connectivity index (χ2v) is 5.45. The van der Waals surface area contributed by atoms with Crippen LogP contribution in [0.5, 0.6) is 0 Å². The SMILES string of the molecule is CCOC1CCC(COC(=O)CC2=CC(=O)NC2=O)CC1. The maximum absolute atomic E-state index is 11.7. The molecular weight excluding hydrogens is 274 g/mol. The standard InChI is InChI=1S/C15H21NO5/c1-2-20-12-5-3-10(4-6-12)9-21-14(18)8-11-7-13(17)16-15(11)19/h7,10,12H,2-6,8-9H2,1H3,(H,16,17,19). The number of esters is 1. The summed E-state index contributed by atoms with van der Waals surface area (Å²) in [5.74, 6) is -1.08. The average Bonchev–Trinajstić information content (AvgIpc) is 2.76. The van der Waals surface area contributed by atoms with Gasteiger partial charge in [-0.25, -0.2) is 0 Å². The largest absolute Gasteiger partial charge is 0.465 e. The normalized spacial score (nSPS) is 25.5. The van der Waals surface area contributed by atoms with Crippen molar-refractivity contribution in [2.45, 2.75) is 45.1 Å². The molecule has 0 unspecified atom stereocenters. The maximum Gasteiger partial charge on any atom is 0.310 e. The van der Waals surface area contributed by atoms with E-state index in [0.29, 0.717) is 18.6 Å². The molecule has 0 atom stereocenters. The van der Waals surface area contributed by atoms with Crippen LogP contribution in [0.1, 0.15) is 39.0 Å². The zero-order valence-electron chi connectivity index (χ0n) is 12.2. The zero-order chi connectivity index (χ0) is 15.2. The summed E-state index contributed by atoms with van der Waals surface area (Å²) in [6.45, 7) is 3.10. The summed E-state index contributed by atoms with van der Waals surface area (Å²) in [5.41, 5.74) is 0.171. The second-order valence-electron chi connectivity index (χ2n) is 5.45. The summed E-state index contributed by atoms with van der Waals surface area (Å²) >= 11 is 0. The highest BCUT2D eigenvalue weighted by Gasteiger charge is 2.25. The van der Waals surface area contributed by atoms with Crippen molar-refractivity contribution in [1.29, 1.82) is 0 Å². The molecule has 2 rings (SSSR count). The first-order chi connectivity index (χ1) is 10.1. The van der Waals surface area contributed by atoms with Crippen molar-refractivity contribution < 1.29 is 23.9 Å². The predicted molar refractivity (Wildman–Crippen MR) is 74.2 cm³/mol. The van der Waals surface area contributed by atoms with Gasteiger partial charge in [-0.2, -0.15) is 0 Å². The summed E-state index contributed by atoms with van der Waals surface area (Å²) in [6, 6.07) is 0. The van der Waals surface area contributed by atoms with Crippen molar-refractivity contribution in [1.82, 2.24) is 5.32 Å². The van der Waals surface area contributed by atoms with Gasteiger partial charge in [-0.3, -0.25) is 19.7 Å². The van der Waals surface area contributed by atoms with Gasteiger partial charge in [0.25, 0.3) is 11.8 Å². The fraction of sp³-hybridized carbons (Fsp3) is 0.667. The Morgan fingerprint density at radius 1 is 1.29 bits per heavy atom. The van der Waals surface area contributed by atoms with E-state index in [-0.39, 0.29) is 12.0 Å². The van der Waals surface area contributed by atoms with Crippen molar-refractivity contribution in [3.63, 3.8) is 0 Å². The second kappa shape index (κ2) is 7.36. The smallest absolute Gasteiger partial charge is 0.310 e. The minimum atomic E-state index is -0.505. The Morgan fingerprint density at radius 3 is 2.57 bits per heavy atom. The summed E-state index contributed by atoms with van der Waals surface area (Å²) in [4.78, 5) is 33.9. The van der Waals surface area contributed by atoms with Crippen molar-refractivity contribution >= 4 is 17.8 Å². The summed E-state index contributed by atoms with van der Waals surface area (Å²) in [5, 5.41) is 2.10. The summed E-state index contributed by atoms with van der Waals surface area (Å²) < 4.78 is 10.8. The van der Waals surface area contributed by atoms with Gasteiger partial charge in [0.05, 0.1) is 19.1 Å². The van der Waals surface area contributed by atoms with Crippen molar-refractivity contribution in [2.24, 2.45) is 5.92 Å². The van der Waals surface area contributed by atoms with Crippen LogP contribution in [0.2, 0.25) is 0 Å². The van der Waals surface area contributed by atoms with Gasteiger partial charge in [0.1, 0.15) is 0 Å². The number of nitrogens with one attached hydrogen (secondary N) is 1. The number of hydrogen-bond acceptors (Lipinski definition) is 5. The van der Waals surface area contributed by atoms with Crippen molar-refractivity contribution in [3.8, 4) is 0 Å². The van der Waals surface area contributed by atoms with Gasteiger partial charge in [-0.15, -0.1) is 0 Å².